The zero-order chi connectivity index (χ0) is 13.8. The van der Waals surface area contributed by atoms with Crippen molar-refractivity contribution in [3.8, 4) is 0 Å². The largest absolute Gasteiger partial charge is 0.481 e. The number of hydrogen-bond acceptors (Lipinski definition) is 3. The molecule has 1 unspecified atom stereocenters. The highest BCUT2D eigenvalue weighted by molar-refractivity contribution is 5.89. The molecule has 0 aromatic heterocycles. The van der Waals surface area contributed by atoms with Gasteiger partial charge < -0.3 is 9.84 Å². The number of carbonyl (C=O) groups is 2. The molecule has 1 aliphatic carbocycles. The van der Waals surface area contributed by atoms with E-state index >= 15 is 0 Å². The smallest absolute Gasteiger partial charge is 0.337 e. The Morgan fingerprint density at radius 1 is 1.26 bits per heavy atom. The highest BCUT2D eigenvalue weighted by atomic mass is 16.5. The SMILES string of the molecule is COC(=O)c1ccc(C2=CCC(C(=O)O)CC2)cc1. The topological polar surface area (TPSA) is 63.6 Å². The Labute approximate surface area is 111 Å². The summed E-state index contributed by atoms with van der Waals surface area (Å²) in [5.74, 6) is -1.34. The maximum atomic E-state index is 11.3. The molecule has 0 saturated heterocycles. The van der Waals surface area contributed by atoms with Gasteiger partial charge in [-0.1, -0.05) is 18.2 Å². The highest BCUT2D eigenvalue weighted by Gasteiger charge is 2.21. The van der Waals surface area contributed by atoms with Gasteiger partial charge in [0.15, 0.2) is 0 Å². The maximum Gasteiger partial charge on any atom is 0.337 e. The lowest BCUT2D eigenvalue weighted by Gasteiger charge is -2.18. The molecule has 2 rings (SSSR count). The molecule has 1 aromatic carbocycles. The number of carboxylic acids is 1. The molecule has 100 valence electrons. The van der Waals surface area contributed by atoms with E-state index < -0.39 is 5.97 Å². The van der Waals surface area contributed by atoms with E-state index in [2.05, 4.69) is 4.74 Å². The van der Waals surface area contributed by atoms with E-state index in [9.17, 15) is 9.59 Å². The van der Waals surface area contributed by atoms with Crippen molar-refractivity contribution in [1.82, 2.24) is 0 Å². The maximum absolute atomic E-state index is 11.3. The number of aliphatic carboxylic acids is 1. The van der Waals surface area contributed by atoms with Crippen molar-refractivity contribution in [2.75, 3.05) is 7.11 Å². The van der Waals surface area contributed by atoms with Crippen LogP contribution >= 0.6 is 0 Å². The second-order valence-electron chi connectivity index (χ2n) is 4.61. The lowest BCUT2D eigenvalue weighted by Crippen LogP contribution is -2.15. The normalized spacial score (nSPS) is 18.6. The lowest BCUT2D eigenvalue weighted by molar-refractivity contribution is -0.141. The van der Waals surface area contributed by atoms with Gasteiger partial charge in [-0.3, -0.25) is 4.79 Å². The number of rotatable bonds is 3. The molecule has 0 spiro atoms. The van der Waals surface area contributed by atoms with Crippen molar-refractivity contribution in [1.29, 1.82) is 0 Å². The van der Waals surface area contributed by atoms with Crippen LogP contribution in [0.3, 0.4) is 0 Å². The first kappa shape index (κ1) is 13.3. The molecule has 0 aliphatic heterocycles. The minimum absolute atomic E-state index is 0.266. The third kappa shape index (κ3) is 3.02. The van der Waals surface area contributed by atoms with Gasteiger partial charge in [-0.15, -0.1) is 0 Å². The Bertz CT molecular complexity index is 513. The minimum atomic E-state index is -0.726. The van der Waals surface area contributed by atoms with Crippen LogP contribution in [0.15, 0.2) is 30.3 Å². The molecule has 1 aromatic rings. The molecule has 19 heavy (non-hydrogen) atoms. The Hall–Kier alpha value is -2.10. The van der Waals surface area contributed by atoms with Gasteiger partial charge in [0.05, 0.1) is 18.6 Å². The quantitative estimate of drug-likeness (QED) is 0.849. The summed E-state index contributed by atoms with van der Waals surface area (Å²) in [5, 5.41) is 8.94. The van der Waals surface area contributed by atoms with E-state index in [-0.39, 0.29) is 11.9 Å². The number of allylic oxidation sites excluding steroid dienone is 2. The fraction of sp³-hybridized carbons (Fsp3) is 0.333. The summed E-state index contributed by atoms with van der Waals surface area (Å²) in [6, 6.07) is 7.20. The molecule has 0 radical (unpaired) electrons. The summed E-state index contributed by atoms with van der Waals surface area (Å²) in [4.78, 5) is 22.2. The summed E-state index contributed by atoms with van der Waals surface area (Å²) in [5.41, 5.74) is 2.71. The monoisotopic (exact) mass is 260 g/mol. The summed E-state index contributed by atoms with van der Waals surface area (Å²) in [7, 11) is 1.35. The Morgan fingerprint density at radius 2 is 1.95 bits per heavy atom. The first-order chi connectivity index (χ1) is 9.11. The number of carbonyl (C=O) groups excluding carboxylic acids is 1. The highest BCUT2D eigenvalue weighted by Crippen LogP contribution is 2.30. The van der Waals surface area contributed by atoms with Gasteiger partial charge >= 0.3 is 11.9 Å². The summed E-state index contributed by atoms with van der Waals surface area (Å²) in [6.07, 6.45) is 3.98. The molecule has 0 saturated carbocycles. The Balaban J connectivity index is 2.11. The molecule has 1 atom stereocenters. The van der Waals surface area contributed by atoms with Crippen LogP contribution in [0.1, 0.15) is 35.2 Å². The summed E-state index contributed by atoms with van der Waals surface area (Å²) < 4.78 is 4.64. The van der Waals surface area contributed by atoms with Gasteiger partial charge in [-0.05, 0) is 42.5 Å². The van der Waals surface area contributed by atoms with E-state index in [0.717, 1.165) is 17.6 Å². The Morgan fingerprint density at radius 3 is 2.42 bits per heavy atom. The predicted molar refractivity (Wildman–Crippen MR) is 70.7 cm³/mol. The van der Waals surface area contributed by atoms with Crippen LogP contribution in [0.5, 0.6) is 0 Å². The van der Waals surface area contributed by atoms with Crippen molar-refractivity contribution in [2.45, 2.75) is 19.3 Å². The number of benzene rings is 1. The molecule has 0 bridgehead atoms. The average molecular weight is 260 g/mol. The van der Waals surface area contributed by atoms with Crippen molar-refractivity contribution in [3.05, 3.63) is 41.5 Å². The fourth-order valence-corrected chi connectivity index (χ4v) is 2.26. The van der Waals surface area contributed by atoms with Gasteiger partial charge in [-0.25, -0.2) is 4.79 Å². The molecular weight excluding hydrogens is 244 g/mol. The second kappa shape index (κ2) is 5.69. The molecule has 0 heterocycles. The number of hydrogen-bond donors (Lipinski definition) is 1. The standard InChI is InChI=1S/C15H16O4/c1-19-15(18)13-8-4-11(5-9-13)10-2-6-12(7-3-10)14(16)17/h2,4-5,8-9,12H,3,6-7H2,1H3,(H,16,17). The molecule has 1 aliphatic rings. The molecule has 4 heteroatoms. The van der Waals surface area contributed by atoms with Crippen molar-refractivity contribution >= 4 is 17.5 Å². The van der Waals surface area contributed by atoms with Crippen LogP contribution in [-0.2, 0) is 9.53 Å². The van der Waals surface area contributed by atoms with Gasteiger partial charge in [0.2, 0.25) is 0 Å². The van der Waals surface area contributed by atoms with Crippen LogP contribution in [0.2, 0.25) is 0 Å². The van der Waals surface area contributed by atoms with Gasteiger partial charge in [0.1, 0.15) is 0 Å². The van der Waals surface area contributed by atoms with Crippen LogP contribution in [-0.4, -0.2) is 24.2 Å². The first-order valence-corrected chi connectivity index (χ1v) is 6.22. The third-order valence-corrected chi connectivity index (χ3v) is 3.44. The second-order valence-corrected chi connectivity index (χ2v) is 4.61. The van der Waals surface area contributed by atoms with Gasteiger partial charge in [0.25, 0.3) is 0 Å². The van der Waals surface area contributed by atoms with Crippen LogP contribution in [0.4, 0.5) is 0 Å². The van der Waals surface area contributed by atoms with Gasteiger partial charge in [-0.2, -0.15) is 0 Å². The molecule has 0 amide bonds. The van der Waals surface area contributed by atoms with Crippen molar-refractivity contribution in [2.24, 2.45) is 5.92 Å². The van der Waals surface area contributed by atoms with Crippen LogP contribution in [0.25, 0.3) is 5.57 Å². The number of methoxy groups -OCH3 is 1. The lowest BCUT2D eigenvalue weighted by atomic mass is 9.86. The van der Waals surface area contributed by atoms with Gasteiger partial charge in [0, 0.05) is 0 Å². The summed E-state index contributed by atoms with van der Waals surface area (Å²) in [6.45, 7) is 0. The van der Waals surface area contributed by atoms with Crippen LogP contribution in [0, 0.1) is 5.92 Å². The average Bonchev–Trinajstić information content (AvgIpc) is 2.46. The number of esters is 1. The van der Waals surface area contributed by atoms with Crippen molar-refractivity contribution < 1.29 is 19.4 Å². The van der Waals surface area contributed by atoms with Crippen LogP contribution < -0.4 is 0 Å². The number of carboxylic acid groups (broad SMARTS) is 1. The summed E-state index contributed by atoms with van der Waals surface area (Å²) >= 11 is 0. The fourth-order valence-electron chi connectivity index (χ4n) is 2.26. The minimum Gasteiger partial charge on any atom is -0.481 e. The third-order valence-electron chi connectivity index (χ3n) is 3.44. The molecule has 0 fully saturated rings. The predicted octanol–water partition coefficient (Wildman–Crippen LogP) is 2.74. The van der Waals surface area contributed by atoms with E-state index in [1.54, 1.807) is 12.1 Å². The Kier molecular flexibility index (Phi) is 4.00. The zero-order valence-electron chi connectivity index (χ0n) is 10.8. The van der Waals surface area contributed by atoms with E-state index in [1.807, 2.05) is 18.2 Å². The van der Waals surface area contributed by atoms with Crippen molar-refractivity contribution in [3.63, 3.8) is 0 Å². The molecule has 1 N–H and O–H groups in total. The zero-order valence-corrected chi connectivity index (χ0v) is 10.8. The van der Waals surface area contributed by atoms with E-state index in [4.69, 9.17) is 5.11 Å². The van der Waals surface area contributed by atoms with E-state index in [0.29, 0.717) is 18.4 Å². The van der Waals surface area contributed by atoms with E-state index in [1.165, 1.54) is 7.11 Å². The molecule has 4 nitrogen and oxygen atoms in total. The number of ether oxygens (including phenoxy) is 1. The molecular formula is C15H16O4. The first-order valence-electron chi connectivity index (χ1n) is 6.22.